The highest BCUT2D eigenvalue weighted by Gasteiger charge is 2.28. The van der Waals surface area contributed by atoms with Gasteiger partial charge >= 0.3 is 5.97 Å². The van der Waals surface area contributed by atoms with Crippen molar-refractivity contribution < 1.29 is 23.6 Å². The van der Waals surface area contributed by atoms with Crippen LogP contribution in [0, 0.1) is 10.1 Å². The Morgan fingerprint density at radius 3 is 2.65 bits per heavy atom. The van der Waals surface area contributed by atoms with Gasteiger partial charge in [-0.15, -0.1) is 0 Å². The van der Waals surface area contributed by atoms with Crippen molar-refractivity contribution in [2.45, 2.75) is 12.8 Å². The molecule has 0 aliphatic rings. The number of pyridine rings is 1. The summed E-state index contributed by atoms with van der Waals surface area (Å²) < 4.78 is 25.4. The zero-order valence-corrected chi connectivity index (χ0v) is 8.26. The number of aliphatic carboxylic acids is 1. The van der Waals surface area contributed by atoms with Crippen LogP contribution in [0.2, 0.25) is 0 Å². The molecule has 92 valence electrons. The summed E-state index contributed by atoms with van der Waals surface area (Å²) in [6.45, 7) is 0. The molecule has 9 heteroatoms. The Kier molecular flexibility index (Phi) is 3.51. The number of rotatable bonds is 4. The van der Waals surface area contributed by atoms with Crippen LogP contribution >= 0.6 is 0 Å². The van der Waals surface area contributed by atoms with Crippen molar-refractivity contribution in [3.8, 4) is 0 Å². The maximum Gasteiger partial charge on any atom is 0.307 e. The van der Waals surface area contributed by atoms with E-state index in [1.807, 2.05) is 0 Å². The normalized spacial score (nSPS) is 10.5. The van der Waals surface area contributed by atoms with Gasteiger partial charge < -0.3 is 10.8 Å². The molecule has 0 unspecified atom stereocenters. The van der Waals surface area contributed by atoms with Crippen LogP contribution in [0.25, 0.3) is 0 Å². The second-order valence-electron chi connectivity index (χ2n) is 3.05. The smallest absolute Gasteiger partial charge is 0.307 e. The predicted octanol–water partition coefficient (Wildman–Crippen LogP) is 1.14. The van der Waals surface area contributed by atoms with Crippen LogP contribution in [-0.4, -0.2) is 21.0 Å². The fourth-order valence-corrected chi connectivity index (χ4v) is 1.30. The zero-order valence-electron chi connectivity index (χ0n) is 8.26. The third kappa shape index (κ3) is 2.62. The van der Waals surface area contributed by atoms with Gasteiger partial charge in [-0.05, 0) is 0 Å². The summed E-state index contributed by atoms with van der Waals surface area (Å²) in [5.41, 5.74) is 2.79. The van der Waals surface area contributed by atoms with Crippen LogP contribution in [-0.2, 0) is 11.2 Å². The minimum atomic E-state index is -3.20. The fourth-order valence-electron chi connectivity index (χ4n) is 1.30. The van der Waals surface area contributed by atoms with E-state index in [2.05, 4.69) is 4.98 Å². The summed E-state index contributed by atoms with van der Waals surface area (Å²) in [5.74, 6) is -1.88. The molecule has 0 aromatic carbocycles. The average Bonchev–Trinajstić information content (AvgIpc) is 2.19. The monoisotopic (exact) mass is 247 g/mol. The maximum atomic E-state index is 12.7. The number of nitrogens with two attached hydrogens (primary N) is 1. The lowest BCUT2D eigenvalue weighted by Crippen LogP contribution is -2.11. The van der Waals surface area contributed by atoms with Gasteiger partial charge in [-0.25, -0.2) is 13.8 Å². The van der Waals surface area contributed by atoms with E-state index in [-0.39, 0.29) is 0 Å². The molecule has 0 aliphatic heterocycles. The number of carboxylic acids is 1. The lowest BCUT2D eigenvalue weighted by Gasteiger charge is -2.09. The second-order valence-corrected chi connectivity index (χ2v) is 3.05. The third-order valence-corrected chi connectivity index (χ3v) is 1.98. The quantitative estimate of drug-likeness (QED) is 0.608. The summed E-state index contributed by atoms with van der Waals surface area (Å²) in [7, 11) is 0. The Hall–Kier alpha value is -2.32. The molecule has 0 atom stereocenters. The molecule has 1 rings (SSSR count). The van der Waals surface area contributed by atoms with Gasteiger partial charge in [-0.3, -0.25) is 14.9 Å². The molecule has 3 N–H and O–H groups in total. The van der Waals surface area contributed by atoms with Crippen molar-refractivity contribution in [3.05, 3.63) is 27.4 Å². The number of hydrogen-bond acceptors (Lipinski definition) is 5. The van der Waals surface area contributed by atoms with Gasteiger partial charge in [0.25, 0.3) is 12.1 Å². The van der Waals surface area contributed by atoms with E-state index in [4.69, 9.17) is 10.8 Å². The molecule has 0 radical (unpaired) electrons. The number of halogens is 2. The standard InChI is InChI=1S/C8H7F2N3O4/c9-7(10)6-3(1-5(14)15)8(11)12-2-4(6)13(16)17/h2,7H,1H2,(H2,11,12)(H,14,15). The Balaban J connectivity index is 3.48. The van der Waals surface area contributed by atoms with E-state index in [1.165, 1.54) is 0 Å². The van der Waals surface area contributed by atoms with Gasteiger partial charge in [-0.1, -0.05) is 0 Å². The maximum absolute atomic E-state index is 12.7. The molecule has 0 saturated heterocycles. The van der Waals surface area contributed by atoms with Crippen molar-refractivity contribution in [2.75, 3.05) is 5.73 Å². The SMILES string of the molecule is Nc1ncc([N+](=O)[O-])c(C(F)F)c1CC(=O)O. The van der Waals surface area contributed by atoms with Gasteiger partial charge in [0.15, 0.2) is 0 Å². The molecule has 0 spiro atoms. The predicted molar refractivity (Wildman–Crippen MR) is 51.6 cm³/mol. The van der Waals surface area contributed by atoms with Crippen LogP contribution in [0.15, 0.2) is 6.20 Å². The zero-order chi connectivity index (χ0) is 13.2. The van der Waals surface area contributed by atoms with Crippen LogP contribution in [0.3, 0.4) is 0 Å². The van der Waals surface area contributed by atoms with E-state index < -0.39 is 46.4 Å². The van der Waals surface area contributed by atoms with Gasteiger partial charge in [0.1, 0.15) is 17.6 Å². The average molecular weight is 247 g/mol. The first-order chi connectivity index (χ1) is 7.84. The number of hydrogen-bond donors (Lipinski definition) is 2. The number of nitro groups is 1. The summed E-state index contributed by atoms with van der Waals surface area (Å²) >= 11 is 0. The largest absolute Gasteiger partial charge is 0.481 e. The first kappa shape index (κ1) is 12.7. The molecular formula is C8H7F2N3O4. The Bertz CT molecular complexity index is 478. The van der Waals surface area contributed by atoms with E-state index >= 15 is 0 Å². The van der Waals surface area contributed by atoms with E-state index in [0.717, 1.165) is 0 Å². The van der Waals surface area contributed by atoms with E-state index in [0.29, 0.717) is 6.20 Å². The van der Waals surface area contributed by atoms with Crippen molar-refractivity contribution in [1.82, 2.24) is 4.98 Å². The Labute approximate surface area is 93.0 Å². The fraction of sp³-hybridized carbons (Fsp3) is 0.250. The number of nitrogen functional groups attached to an aromatic ring is 1. The number of nitrogens with zero attached hydrogens (tertiary/aromatic N) is 2. The number of aromatic nitrogens is 1. The van der Waals surface area contributed by atoms with Crippen LogP contribution < -0.4 is 5.73 Å². The first-order valence-electron chi connectivity index (χ1n) is 4.26. The number of carbonyl (C=O) groups is 1. The minimum Gasteiger partial charge on any atom is -0.481 e. The molecule has 0 aliphatic carbocycles. The highest BCUT2D eigenvalue weighted by atomic mass is 19.3. The van der Waals surface area contributed by atoms with Crippen molar-refractivity contribution in [1.29, 1.82) is 0 Å². The van der Waals surface area contributed by atoms with Gasteiger partial charge in [0.2, 0.25) is 0 Å². The summed E-state index contributed by atoms with van der Waals surface area (Å²) in [6.07, 6.45) is -3.46. The highest BCUT2D eigenvalue weighted by Crippen LogP contribution is 2.34. The highest BCUT2D eigenvalue weighted by molar-refractivity contribution is 5.74. The van der Waals surface area contributed by atoms with E-state index in [1.54, 1.807) is 0 Å². The minimum absolute atomic E-state index is 0.451. The molecule has 7 nitrogen and oxygen atoms in total. The van der Waals surface area contributed by atoms with Gasteiger partial charge in [-0.2, -0.15) is 0 Å². The van der Waals surface area contributed by atoms with Gasteiger partial charge in [0.05, 0.1) is 11.3 Å². The Morgan fingerprint density at radius 2 is 2.24 bits per heavy atom. The molecule has 0 saturated carbocycles. The first-order valence-corrected chi connectivity index (χ1v) is 4.26. The van der Waals surface area contributed by atoms with Crippen LogP contribution in [0.5, 0.6) is 0 Å². The van der Waals surface area contributed by atoms with Crippen LogP contribution in [0.4, 0.5) is 20.3 Å². The summed E-state index contributed by atoms with van der Waals surface area (Å²) in [5, 5.41) is 19.0. The summed E-state index contributed by atoms with van der Waals surface area (Å²) in [6, 6.07) is 0. The molecule has 0 bridgehead atoms. The lowest BCUT2D eigenvalue weighted by molar-refractivity contribution is -0.386. The number of carboxylic acid groups (broad SMARTS) is 1. The second kappa shape index (κ2) is 4.68. The van der Waals surface area contributed by atoms with Crippen molar-refractivity contribution >= 4 is 17.5 Å². The molecule has 1 aromatic rings. The topological polar surface area (TPSA) is 119 Å². The molecule has 1 heterocycles. The third-order valence-electron chi connectivity index (χ3n) is 1.98. The van der Waals surface area contributed by atoms with Crippen molar-refractivity contribution in [2.24, 2.45) is 0 Å². The van der Waals surface area contributed by atoms with Crippen molar-refractivity contribution in [3.63, 3.8) is 0 Å². The number of alkyl halides is 2. The summed E-state index contributed by atoms with van der Waals surface area (Å²) in [4.78, 5) is 23.3. The molecule has 17 heavy (non-hydrogen) atoms. The lowest BCUT2D eigenvalue weighted by atomic mass is 10.0. The van der Waals surface area contributed by atoms with Crippen LogP contribution in [0.1, 0.15) is 17.6 Å². The Morgan fingerprint density at radius 1 is 1.65 bits per heavy atom. The molecule has 0 amide bonds. The number of anilines is 1. The molecule has 0 fully saturated rings. The molecule has 1 aromatic heterocycles. The van der Waals surface area contributed by atoms with E-state index in [9.17, 15) is 23.7 Å². The molecular weight excluding hydrogens is 240 g/mol. The van der Waals surface area contributed by atoms with Gasteiger partial charge in [0, 0.05) is 5.56 Å².